The molecule has 2 heteroatoms. The Morgan fingerprint density at radius 1 is 0.364 bits per heavy atom. The highest BCUT2D eigenvalue weighted by molar-refractivity contribution is 5.44. The molecular weight excluding hydrogens is 532 g/mol. The summed E-state index contributed by atoms with van der Waals surface area (Å²) in [7, 11) is 0. The summed E-state index contributed by atoms with van der Waals surface area (Å²) in [5.41, 5.74) is 25.1. The molecule has 0 spiro atoms. The van der Waals surface area contributed by atoms with E-state index in [0.29, 0.717) is 0 Å². The van der Waals surface area contributed by atoms with Crippen molar-refractivity contribution in [1.29, 1.82) is 0 Å². The quantitative estimate of drug-likeness (QED) is 0.0845. The maximum atomic E-state index is 5.95. The van der Waals surface area contributed by atoms with Gasteiger partial charge in [0.2, 0.25) is 0 Å². The van der Waals surface area contributed by atoms with Crippen molar-refractivity contribution in [2.24, 2.45) is 0 Å². The van der Waals surface area contributed by atoms with Crippen LogP contribution in [0.15, 0.2) is 84.9 Å². The molecule has 0 amide bonds. The predicted octanol–water partition coefficient (Wildman–Crippen LogP) is 10.8. The average molecular weight is 589 g/mol. The lowest BCUT2D eigenvalue weighted by Crippen LogP contribution is -2.02. The maximum absolute atomic E-state index is 5.95. The summed E-state index contributed by atoms with van der Waals surface area (Å²) in [5.74, 6) is 0. The third kappa shape index (κ3) is 11.2. The van der Waals surface area contributed by atoms with E-state index in [-0.39, 0.29) is 0 Å². The van der Waals surface area contributed by atoms with E-state index >= 15 is 0 Å². The highest BCUT2D eigenvalue weighted by Gasteiger charge is 2.10. The van der Waals surface area contributed by atoms with E-state index in [0.717, 1.165) is 37.1 Å². The molecule has 0 aliphatic heterocycles. The van der Waals surface area contributed by atoms with Crippen LogP contribution in [0.1, 0.15) is 123 Å². The van der Waals surface area contributed by atoms with Crippen LogP contribution < -0.4 is 11.5 Å². The topological polar surface area (TPSA) is 52.0 Å². The zero-order valence-electron chi connectivity index (χ0n) is 27.6. The Hall–Kier alpha value is -3.52. The molecule has 2 nitrogen and oxygen atoms in total. The molecule has 4 N–H and O–H groups in total. The number of hydrogen-bond donors (Lipinski definition) is 2. The Balaban J connectivity index is 1.46. The fraction of sp³-hybridized carbons (Fsp3) is 0.429. The maximum Gasteiger partial charge on any atom is 0.0314 e. The van der Waals surface area contributed by atoms with E-state index < -0.39 is 0 Å². The number of rotatable bonds is 19. The van der Waals surface area contributed by atoms with Gasteiger partial charge in [-0.1, -0.05) is 126 Å². The molecule has 0 aliphatic carbocycles. The first-order chi connectivity index (χ1) is 21.5. The van der Waals surface area contributed by atoms with Crippen molar-refractivity contribution in [3.8, 4) is 0 Å². The van der Waals surface area contributed by atoms with E-state index in [2.05, 4.69) is 74.5 Å². The first-order valence-corrected chi connectivity index (χ1v) is 17.4. The second kappa shape index (κ2) is 18.3. The minimum Gasteiger partial charge on any atom is -0.399 e. The fourth-order valence-corrected chi connectivity index (χ4v) is 6.32. The normalized spacial score (nSPS) is 11.2. The molecule has 4 rings (SSSR count). The van der Waals surface area contributed by atoms with Crippen molar-refractivity contribution in [2.75, 3.05) is 11.5 Å². The molecule has 0 heterocycles. The van der Waals surface area contributed by atoms with Gasteiger partial charge < -0.3 is 11.5 Å². The molecular formula is C42H56N2. The van der Waals surface area contributed by atoms with Crippen molar-refractivity contribution in [3.63, 3.8) is 0 Å². The third-order valence-electron chi connectivity index (χ3n) is 9.09. The van der Waals surface area contributed by atoms with Crippen molar-refractivity contribution in [1.82, 2.24) is 0 Å². The molecule has 0 saturated heterocycles. The van der Waals surface area contributed by atoms with Crippen LogP contribution in [0.4, 0.5) is 11.4 Å². The zero-order chi connectivity index (χ0) is 31.0. The summed E-state index contributed by atoms with van der Waals surface area (Å²) in [4.78, 5) is 0. The lowest BCUT2D eigenvalue weighted by atomic mass is 9.91. The van der Waals surface area contributed by atoms with Crippen molar-refractivity contribution >= 4 is 11.4 Å². The van der Waals surface area contributed by atoms with Crippen LogP contribution in [0.5, 0.6) is 0 Å². The van der Waals surface area contributed by atoms with Crippen LogP contribution in [0, 0.1) is 0 Å². The van der Waals surface area contributed by atoms with E-state index in [1.54, 1.807) is 0 Å². The average Bonchev–Trinajstić information content (AvgIpc) is 3.03. The van der Waals surface area contributed by atoms with Crippen LogP contribution in [0.3, 0.4) is 0 Å². The number of anilines is 2. The molecule has 0 bridgehead atoms. The summed E-state index contributed by atoms with van der Waals surface area (Å²) in [6.07, 6.45) is 19.6. The van der Waals surface area contributed by atoms with Gasteiger partial charge in [-0.25, -0.2) is 0 Å². The Kier molecular flexibility index (Phi) is 13.9. The Bertz CT molecular complexity index is 1280. The summed E-state index contributed by atoms with van der Waals surface area (Å²) < 4.78 is 0. The predicted molar refractivity (Wildman–Crippen MR) is 193 cm³/mol. The van der Waals surface area contributed by atoms with Gasteiger partial charge in [0.1, 0.15) is 0 Å². The molecule has 0 aliphatic rings. The lowest BCUT2D eigenvalue weighted by Gasteiger charge is -2.15. The molecule has 0 radical (unpaired) electrons. The van der Waals surface area contributed by atoms with Crippen LogP contribution >= 0.6 is 0 Å². The first kappa shape index (κ1) is 33.4. The Labute approximate surface area is 268 Å². The van der Waals surface area contributed by atoms with E-state index in [1.165, 1.54) is 122 Å². The molecule has 4 aromatic carbocycles. The van der Waals surface area contributed by atoms with Gasteiger partial charge in [-0.15, -0.1) is 0 Å². The second-order valence-electron chi connectivity index (χ2n) is 12.9. The number of aryl methyl sites for hydroxylation is 4. The largest absolute Gasteiger partial charge is 0.399 e. The monoisotopic (exact) mass is 588 g/mol. The van der Waals surface area contributed by atoms with Gasteiger partial charge in [0.05, 0.1) is 0 Å². The molecule has 0 unspecified atom stereocenters. The molecule has 0 saturated carbocycles. The van der Waals surface area contributed by atoms with Gasteiger partial charge in [-0.2, -0.15) is 0 Å². The van der Waals surface area contributed by atoms with Crippen LogP contribution in [0.25, 0.3) is 0 Å². The highest BCUT2D eigenvalue weighted by atomic mass is 14.5. The van der Waals surface area contributed by atoms with Gasteiger partial charge in [-0.3, -0.25) is 0 Å². The van der Waals surface area contributed by atoms with Gasteiger partial charge in [0.25, 0.3) is 0 Å². The molecule has 44 heavy (non-hydrogen) atoms. The summed E-state index contributed by atoms with van der Waals surface area (Å²) in [6.45, 7) is 4.58. The minimum atomic E-state index is 0.832. The standard InChI is InChI=1S/C42H56N2/c1-3-5-7-9-11-13-37-29-33(17-23-39(37)31-35-19-25-41(43)26-20-35)15-16-34-18-24-40(32-36-21-27-42(44)28-22-36)38(30-34)14-12-10-8-6-4-2/h17-30H,3-16,31-32,43-44H2,1-2H3. The van der Waals surface area contributed by atoms with E-state index in [9.17, 15) is 0 Å². The van der Waals surface area contributed by atoms with Crippen LogP contribution in [-0.2, 0) is 38.5 Å². The summed E-state index contributed by atoms with van der Waals surface area (Å²) in [6, 6.07) is 31.3. The van der Waals surface area contributed by atoms with Crippen molar-refractivity contribution in [3.05, 3.63) is 129 Å². The van der Waals surface area contributed by atoms with Gasteiger partial charge in [0.15, 0.2) is 0 Å². The van der Waals surface area contributed by atoms with Crippen molar-refractivity contribution in [2.45, 2.75) is 117 Å². The molecule has 4 aromatic rings. The highest BCUT2D eigenvalue weighted by Crippen LogP contribution is 2.24. The Morgan fingerprint density at radius 2 is 0.727 bits per heavy atom. The number of nitrogen functional groups attached to an aromatic ring is 2. The molecule has 0 atom stereocenters. The summed E-state index contributed by atoms with van der Waals surface area (Å²) in [5, 5.41) is 0. The SMILES string of the molecule is CCCCCCCc1cc(CCc2ccc(Cc3ccc(N)cc3)c(CCCCCCC)c2)ccc1Cc1ccc(N)cc1. The summed E-state index contributed by atoms with van der Waals surface area (Å²) >= 11 is 0. The van der Waals surface area contributed by atoms with Gasteiger partial charge in [0, 0.05) is 11.4 Å². The molecule has 234 valence electrons. The fourth-order valence-electron chi connectivity index (χ4n) is 6.32. The number of nitrogens with two attached hydrogens (primary N) is 2. The van der Waals surface area contributed by atoms with Crippen LogP contribution in [0.2, 0.25) is 0 Å². The minimum absolute atomic E-state index is 0.832. The zero-order valence-corrected chi connectivity index (χ0v) is 27.6. The first-order valence-electron chi connectivity index (χ1n) is 17.4. The molecule has 0 aromatic heterocycles. The van der Waals surface area contributed by atoms with E-state index in [1.807, 2.05) is 24.3 Å². The van der Waals surface area contributed by atoms with Crippen molar-refractivity contribution < 1.29 is 0 Å². The van der Waals surface area contributed by atoms with Gasteiger partial charge >= 0.3 is 0 Å². The van der Waals surface area contributed by atoms with E-state index in [4.69, 9.17) is 11.5 Å². The van der Waals surface area contributed by atoms with Crippen LogP contribution in [-0.4, -0.2) is 0 Å². The smallest absolute Gasteiger partial charge is 0.0314 e. The lowest BCUT2D eigenvalue weighted by molar-refractivity contribution is 0.630. The third-order valence-corrected chi connectivity index (χ3v) is 9.09. The Morgan fingerprint density at radius 3 is 1.11 bits per heavy atom. The second-order valence-corrected chi connectivity index (χ2v) is 12.9. The number of benzene rings is 4. The number of hydrogen-bond acceptors (Lipinski definition) is 2. The number of unbranched alkanes of at least 4 members (excludes halogenated alkanes) is 8. The molecule has 0 fully saturated rings. The van der Waals surface area contributed by atoms with Gasteiger partial charge in [-0.05, 0) is 120 Å².